The summed E-state index contributed by atoms with van der Waals surface area (Å²) in [6, 6.07) is 7.98. The molecule has 0 aliphatic heterocycles. The van der Waals surface area contributed by atoms with Crippen LogP contribution in [0.1, 0.15) is 84.3 Å². The van der Waals surface area contributed by atoms with Crippen molar-refractivity contribution in [2.75, 3.05) is 27.7 Å². The van der Waals surface area contributed by atoms with Crippen LogP contribution in [0, 0.1) is 6.92 Å². The molecule has 0 spiro atoms. The molecule has 0 atom stereocenters. The van der Waals surface area contributed by atoms with E-state index < -0.39 is 0 Å². The predicted octanol–water partition coefficient (Wildman–Crippen LogP) is 9.31. The van der Waals surface area contributed by atoms with Gasteiger partial charge >= 0.3 is 5.97 Å². The second-order valence-electron chi connectivity index (χ2n) is 11.5. The number of ether oxygens (including phenoxy) is 2. The van der Waals surface area contributed by atoms with E-state index in [0.29, 0.717) is 5.75 Å². The molecule has 0 bridgehead atoms. The molecule has 0 radical (unpaired) electrons. The molecular formula is C36H51NO3. The zero-order valence-electron chi connectivity index (χ0n) is 26.4. The molecule has 0 N–H and O–H groups in total. The molecule has 2 rings (SSSR count). The summed E-state index contributed by atoms with van der Waals surface area (Å²) >= 11 is 0. The highest BCUT2D eigenvalue weighted by Crippen LogP contribution is 2.41. The van der Waals surface area contributed by atoms with Gasteiger partial charge in [-0.2, -0.15) is 0 Å². The minimum Gasteiger partial charge on any atom is -0.496 e. The number of likely N-dealkylation sites (N-methyl/N-ethyl adjacent to an activating group) is 1. The fraction of sp³-hybridized carbons (Fsp3) is 0.472. The molecule has 0 saturated carbocycles. The van der Waals surface area contributed by atoms with Crippen LogP contribution in [-0.2, 0) is 11.2 Å². The quantitative estimate of drug-likeness (QED) is 0.127. The molecule has 0 aliphatic carbocycles. The molecule has 2 aromatic rings. The standard InChI is InChI=1S/C36H51NO3/c1-26(2)15-12-16-27(3)17-13-18-28(4)19-14-20-29(5)23-24-31-30(6)35(40-34(38)25-37(7)8)32-21-10-11-22-33(32)36(31)39-9/h10-11,15,17,19,21-23H,12-14,16,18,20,24-25H2,1-9H3/b27-17+,28-19+,29-23+. The van der Waals surface area contributed by atoms with Crippen LogP contribution in [0.4, 0.5) is 0 Å². The second-order valence-corrected chi connectivity index (χ2v) is 11.5. The van der Waals surface area contributed by atoms with Crippen LogP contribution in [0.2, 0.25) is 0 Å². The van der Waals surface area contributed by atoms with Gasteiger partial charge < -0.3 is 9.47 Å². The lowest BCUT2D eigenvalue weighted by Gasteiger charge is -2.19. The van der Waals surface area contributed by atoms with Gasteiger partial charge in [-0.05, 0) is 106 Å². The van der Waals surface area contributed by atoms with Crippen LogP contribution in [0.25, 0.3) is 10.8 Å². The predicted molar refractivity (Wildman–Crippen MR) is 172 cm³/mol. The van der Waals surface area contributed by atoms with E-state index in [1.165, 1.54) is 22.3 Å². The lowest BCUT2D eigenvalue weighted by Crippen LogP contribution is -2.25. The summed E-state index contributed by atoms with van der Waals surface area (Å²) in [4.78, 5) is 14.4. The second kappa shape index (κ2) is 16.9. The number of esters is 1. The number of allylic oxidation sites excluding steroid dienone is 8. The zero-order chi connectivity index (χ0) is 29.7. The lowest BCUT2D eigenvalue weighted by atomic mass is 9.95. The number of rotatable bonds is 15. The van der Waals surface area contributed by atoms with Crippen molar-refractivity contribution in [3.05, 3.63) is 82.0 Å². The van der Waals surface area contributed by atoms with Crippen LogP contribution in [0.5, 0.6) is 11.5 Å². The topological polar surface area (TPSA) is 38.8 Å². The zero-order valence-corrected chi connectivity index (χ0v) is 26.4. The maximum Gasteiger partial charge on any atom is 0.325 e. The molecule has 40 heavy (non-hydrogen) atoms. The third-order valence-electron chi connectivity index (χ3n) is 7.16. The van der Waals surface area contributed by atoms with Crippen molar-refractivity contribution in [1.29, 1.82) is 0 Å². The number of carbonyl (C=O) groups excluding carboxylic acids is 1. The Labute approximate surface area is 243 Å². The first kappa shape index (κ1) is 33.1. The van der Waals surface area contributed by atoms with Gasteiger partial charge in [-0.1, -0.05) is 70.9 Å². The maximum atomic E-state index is 12.6. The molecule has 0 aliphatic rings. The Hall–Kier alpha value is -3.11. The van der Waals surface area contributed by atoms with Gasteiger partial charge in [0.05, 0.1) is 13.7 Å². The minimum absolute atomic E-state index is 0.229. The summed E-state index contributed by atoms with van der Waals surface area (Å²) in [5.74, 6) is 1.21. The normalized spacial score (nSPS) is 12.7. The molecule has 4 heteroatoms. The highest BCUT2D eigenvalue weighted by atomic mass is 16.5. The van der Waals surface area contributed by atoms with Gasteiger partial charge in [-0.25, -0.2) is 0 Å². The van der Waals surface area contributed by atoms with Crippen molar-refractivity contribution in [2.24, 2.45) is 0 Å². The van der Waals surface area contributed by atoms with E-state index in [0.717, 1.165) is 72.6 Å². The van der Waals surface area contributed by atoms with Gasteiger partial charge in [0.2, 0.25) is 0 Å². The van der Waals surface area contributed by atoms with E-state index in [2.05, 4.69) is 58.9 Å². The van der Waals surface area contributed by atoms with Gasteiger partial charge in [-0.3, -0.25) is 9.69 Å². The van der Waals surface area contributed by atoms with Crippen molar-refractivity contribution in [3.8, 4) is 11.5 Å². The number of fused-ring (bicyclic) bond motifs is 1. The van der Waals surface area contributed by atoms with Crippen molar-refractivity contribution in [3.63, 3.8) is 0 Å². The van der Waals surface area contributed by atoms with E-state index in [1.54, 1.807) is 7.11 Å². The first-order valence-corrected chi connectivity index (χ1v) is 14.6. The van der Waals surface area contributed by atoms with Gasteiger partial charge in [0.1, 0.15) is 11.5 Å². The van der Waals surface area contributed by atoms with E-state index in [4.69, 9.17) is 9.47 Å². The van der Waals surface area contributed by atoms with Gasteiger partial charge in [-0.15, -0.1) is 0 Å². The van der Waals surface area contributed by atoms with E-state index in [9.17, 15) is 4.79 Å². The molecule has 0 aromatic heterocycles. The Morgan fingerprint density at radius 2 is 1.27 bits per heavy atom. The van der Waals surface area contributed by atoms with E-state index in [1.807, 2.05) is 50.2 Å². The average molecular weight is 546 g/mol. The average Bonchev–Trinajstić information content (AvgIpc) is 2.88. The van der Waals surface area contributed by atoms with Gasteiger partial charge in [0, 0.05) is 16.3 Å². The first-order valence-electron chi connectivity index (χ1n) is 14.6. The number of benzene rings is 2. The van der Waals surface area contributed by atoms with Crippen LogP contribution < -0.4 is 9.47 Å². The number of hydrogen-bond acceptors (Lipinski definition) is 4. The highest BCUT2D eigenvalue weighted by Gasteiger charge is 2.20. The van der Waals surface area contributed by atoms with Crippen LogP contribution in [0.15, 0.2) is 70.9 Å². The number of hydrogen-bond donors (Lipinski definition) is 0. The van der Waals surface area contributed by atoms with Crippen molar-refractivity contribution < 1.29 is 14.3 Å². The smallest absolute Gasteiger partial charge is 0.325 e. The summed E-state index contributed by atoms with van der Waals surface area (Å²) in [7, 11) is 5.44. The van der Waals surface area contributed by atoms with E-state index >= 15 is 0 Å². The monoisotopic (exact) mass is 545 g/mol. The van der Waals surface area contributed by atoms with Gasteiger partial charge in [0.15, 0.2) is 0 Å². The molecule has 4 nitrogen and oxygen atoms in total. The molecule has 0 amide bonds. The Bertz CT molecular complexity index is 1260. The number of methoxy groups -OCH3 is 1. The summed E-state index contributed by atoms with van der Waals surface area (Å²) in [5.41, 5.74) is 7.70. The Morgan fingerprint density at radius 3 is 1.77 bits per heavy atom. The van der Waals surface area contributed by atoms with Crippen molar-refractivity contribution in [1.82, 2.24) is 4.90 Å². The highest BCUT2D eigenvalue weighted by molar-refractivity contribution is 5.97. The summed E-state index contributed by atoms with van der Waals surface area (Å²) in [6.07, 6.45) is 16.7. The molecule has 2 aromatic carbocycles. The summed E-state index contributed by atoms with van der Waals surface area (Å²) in [5, 5.41) is 1.86. The molecule has 0 unspecified atom stereocenters. The van der Waals surface area contributed by atoms with Crippen LogP contribution in [-0.4, -0.2) is 38.6 Å². The number of carbonyl (C=O) groups is 1. The first-order chi connectivity index (χ1) is 19.0. The van der Waals surface area contributed by atoms with Gasteiger partial charge in [0.25, 0.3) is 0 Å². The fourth-order valence-corrected chi connectivity index (χ4v) is 4.83. The fourth-order valence-electron chi connectivity index (χ4n) is 4.83. The third-order valence-corrected chi connectivity index (χ3v) is 7.16. The molecule has 218 valence electrons. The Balaban J connectivity index is 2.08. The third kappa shape index (κ3) is 10.8. The van der Waals surface area contributed by atoms with Crippen molar-refractivity contribution >= 4 is 16.7 Å². The Morgan fingerprint density at radius 1 is 0.775 bits per heavy atom. The number of nitrogens with zero attached hydrogens (tertiary/aromatic N) is 1. The molecule has 0 fully saturated rings. The van der Waals surface area contributed by atoms with Crippen LogP contribution >= 0.6 is 0 Å². The summed E-state index contributed by atoms with van der Waals surface area (Å²) in [6.45, 7) is 13.3. The van der Waals surface area contributed by atoms with Crippen molar-refractivity contribution in [2.45, 2.75) is 86.5 Å². The molecular weight excluding hydrogens is 494 g/mol. The SMILES string of the molecule is COc1c(C/C=C(\C)CC/C=C(\C)CC/C=C(\C)CCC=C(C)C)c(C)c(OC(=O)CN(C)C)c2ccccc12. The van der Waals surface area contributed by atoms with E-state index in [-0.39, 0.29) is 12.5 Å². The lowest BCUT2D eigenvalue weighted by molar-refractivity contribution is -0.134. The largest absolute Gasteiger partial charge is 0.496 e. The molecule has 0 saturated heterocycles. The summed E-state index contributed by atoms with van der Waals surface area (Å²) < 4.78 is 11.8. The molecule has 0 heterocycles. The Kier molecular flexibility index (Phi) is 14.0. The van der Waals surface area contributed by atoms with Crippen LogP contribution in [0.3, 0.4) is 0 Å². The maximum absolute atomic E-state index is 12.6. The minimum atomic E-state index is -0.266.